The second-order valence-electron chi connectivity index (χ2n) is 7.44. The molecule has 0 bridgehead atoms. The normalized spacial score (nSPS) is 19.6. The molecule has 0 amide bonds. The second kappa shape index (κ2) is 3.46. The average Bonchev–Trinajstić information content (AvgIpc) is 2.81. The fourth-order valence-corrected chi connectivity index (χ4v) is 4.19. The van der Waals surface area contributed by atoms with E-state index in [4.69, 9.17) is 4.42 Å². The van der Waals surface area contributed by atoms with Crippen molar-refractivity contribution in [1.82, 2.24) is 0 Å². The molecule has 20 heavy (non-hydrogen) atoms. The van der Waals surface area contributed by atoms with Crippen molar-refractivity contribution in [2.24, 2.45) is 0 Å². The molecule has 0 atom stereocenters. The maximum absolute atomic E-state index is 6.04. The van der Waals surface area contributed by atoms with Crippen LogP contribution in [0.1, 0.15) is 45.2 Å². The van der Waals surface area contributed by atoms with Crippen molar-refractivity contribution in [1.29, 1.82) is 0 Å². The largest absolute Gasteiger partial charge is 0.456 e. The van der Waals surface area contributed by atoms with E-state index in [0.717, 1.165) is 11.2 Å². The minimum atomic E-state index is 0.228. The van der Waals surface area contributed by atoms with E-state index in [1.807, 2.05) is 6.07 Å². The molecule has 1 heterocycles. The zero-order chi connectivity index (χ0) is 14.1. The SMILES string of the molecule is CC1(C)CC(C)(C)c2cc3c(cc21)oc1ccccc13. The van der Waals surface area contributed by atoms with E-state index < -0.39 is 0 Å². The molecule has 1 aliphatic carbocycles. The predicted octanol–water partition coefficient (Wildman–Crippen LogP) is 5.54. The molecule has 0 spiro atoms. The van der Waals surface area contributed by atoms with Gasteiger partial charge in [-0.1, -0.05) is 45.9 Å². The van der Waals surface area contributed by atoms with E-state index in [-0.39, 0.29) is 10.8 Å². The van der Waals surface area contributed by atoms with Crippen LogP contribution in [0, 0.1) is 0 Å². The van der Waals surface area contributed by atoms with Gasteiger partial charge >= 0.3 is 0 Å². The van der Waals surface area contributed by atoms with Gasteiger partial charge in [0.1, 0.15) is 11.2 Å². The van der Waals surface area contributed by atoms with E-state index in [9.17, 15) is 0 Å². The third-order valence-corrected chi connectivity index (χ3v) is 4.86. The molecular formula is C19H20O. The zero-order valence-electron chi connectivity index (χ0n) is 12.6. The molecule has 0 saturated carbocycles. The Bertz CT molecular complexity index is 833. The van der Waals surface area contributed by atoms with Crippen LogP contribution in [-0.4, -0.2) is 0 Å². The van der Waals surface area contributed by atoms with Gasteiger partial charge in [0.15, 0.2) is 0 Å². The second-order valence-corrected chi connectivity index (χ2v) is 7.44. The predicted molar refractivity (Wildman–Crippen MR) is 84.4 cm³/mol. The first-order chi connectivity index (χ1) is 9.38. The summed E-state index contributed by atoms with van der Waals surface area (Å²) in [5.74, 6) is 0. The van der Waals surface area contributed by atoms with Crippen LogP contribution < -0.4 is 0 Å². The molecule has 1 heteroatoms. The first-order valence-electron chi connectivity index (χ1n) is 7.35. The topological polar surface area (TPSA) is 13.1 Å². The van der Waals surface area contributed by atoms with Crippen LogP contribution in [0.3, 0.4) is 0 Å². The summed E-state index contributed by atoms with van der Waals surface area (Å²) in [5.41, 5.74) is 5.42. The highest BCUT2D eigenvalue weighted by molar-refractivity contribution is 6.05. The van der Waals surface area contributed by atoms with Gasteiger partial charge < -0.3 is 4.42 Å². The highest BCUT2D eigenvalue weighted by Gasteiger charge is 2.42. The van der Waals surface area contributed by atoms with E-state index in [1.54, 1.807) is 0 Å². The van der Waals surface area contributed by atoms with Gasteiger partial charge in [-0.2, -0.15) is 0 Å². The molecular weight excluding hydrogens is 244 g/mol. The Labute approximate surface area is 119 Å². The Morgan fingerprint density at radius 2 is 1.45 bits per heavy atom. The lowest BCUT2D eigenvalue weighted by Gasteiger charge is -2.22. The summed E-state index contributed by atoms with van der Waals surface area (Å²) in [5, 5.41) is 2.48. The number of benzene rings is 2. The number of rotatable bonds is 0. The molecule has 3 aromatic rings. The molecule has 0 aliphatic heterocycles. The summed E-state index contributed by atoms with van der Waals surface area (Å²) in [7, 11) is 0. The van der Waals surface area contributed by atoms with Crippen LogP contribution in [0.5, 0.6) is 0 Å². The van der Waals surface area contributed by atoms with Crippen molar-refractivity contribution in [3.05, 3.63) is 47.5 Å². The van der Waals surface area contributed by atoms with Crippen LogP contribution in [-0.2, 0) is 10.8 Å². The van der Waals surface area contributed by atoms with E-state index in [2.05, 4.69) is 58.0 Å². The maximum atomic E-state index is 6.04. The fraction of sp³-hybridized carbons (Fsp3) is 0.368. The molecule has 0 unspecified atom stereocenters. The zero-order valence-corrected chi connectivity index (χ0v) is 12.6. The Morgan fingerprint density at radius 3 is 2.20 bits per heavy atom. The molecule has 0 radical (unpaired) electrons. The maximum Gasteiger partial charge on any atom is 0.135 e. The average molecular weight is 264 g/mol. The number of para-hydroxylation sites is 1. The minimum Gasteiger partial charge on any atom is -0.456 e. The number of hydrogen-bond acceptors (Lipinski definition) is 1. The highest BCUT2D eigenvalue weighted by atomic mass is 16.3. The molecule has 0 N–H and O–H groups in total. The van der Waals surface area contributed by atoms with E-state index >= 15 is 0 Å². The van der Waals surface area contributed by atoms with Crippen molar-refractivity contribution >= 4 is 21.9 Å². The summed E-state index contributed by atoms with van der Waals surface area (Å²) in [4.78, 5) is 0. The molecule has 102 valence electrons. The Morgan fingerprint density at radius 1 is 0.800 bits per heavy atom. The molecule has 0 fully saturated rings. The molecule has 0 saturated heterocycles. The lowest BCUT2D eigenvalue weighted by Crippen LogP contribution is -2.17. The lowest BCUT2D eigenvalue weighted by molar-refractivity contribution is 0.403. The van der Waals surface area contributed by atoms with Gasteiger partial charge in [0.05, 0.1) is 0 Å². The Balaban J connectivity index is 2.14. The quantitative estimate of drug-likeness (QED) is 0.519. The van der Waals surface area contributed by atoms with Crippen LogP contribution in [0.2, 0.25) is 0 Å². The number of fused-ring (bicyclic) bond motifs is 4. The van der Waals surface area contributed by atoms with Gasteiger partial charge in [-0.15, -0.1) is 0 Å². The van der Waals surface area contributed by atoms with E-state index in [0.29, 0.717) is 0 Å². The summed E-state index contributed by atoms with van der Waals surface area (Å²) in [6.07, 6.45) is 1.19. The molecule has 1 nitrogen and oxygen atoms in total. The first-order valence-corrected chi connectivity index (χ1v) is 7.35. The number of furan rings is 1. The van der Waals surface area contributed by atoms with Crippen molar-refractivity contribution in [3.63, 3.8) is 0 Å². The van der Waals surface area contributed by atoms with Gasteiger partial charge in [0.25, 0.3) is 0 Å². The van der Waals surface area contributed by atoms with Gasteiger partial charge in [0.2, 0.25) is 0 Å². The standard InChI is InChI=1S/C19H20O/c1-18(2)11-19(3,4)15-10-17-13(9-14(15)18)12-7-5-6-8-16(12)20-17/h5-10H,11H2,1-4H3. The van der Waals surface area contributed by atoms with Crippen LogP contribution in [0.15, 0.2) is 40.8 Å². The third kappa shape index (κ3) is 1.44. The van der Waals surface area contributed by atoms with Gasteiger partial charge in [-0.25, -0.2) is 0 Å². The van der Waals surface area contributed by atoms with Gasteiger partial charge in [-0.05, 0) is 46.6 Å². The Kier molecular flexibility index (Phi) is 2.08. The summed E-state index contributed by atoms with van der Waals surface area (Å²) in [6, 6.07) is 13.0. The fourth-order valence-electron chi connectivity index (χ4n) is 4.19. The molecule has 1 aromatic heterocycles. The number of hydrogen-bond donors (Lipinski definition) is 0. The van der Waals surface area contributed by atoms with Crippen molar-refractivity contribution < 1.29 is 4.42 Å². The van der Waals surface area contributed by atoms with Crippen LogP contribution >= 0.6 is 0 Å². The Hall–Kier alpha value is -1.76. The summed E-state index contributed by atoms with van der Waals surface area (Å²) < 4.78 is 6.04. The van der Waals surface area contributed by atoms with Crippen molar-refractivity contribution in [3.8, 4) is 0 Å². The third-order valence-electron chi connectivity index (χ3n) is 4.86. The summed E-state index contributed by atoms with van der Waals surface area (Å²) >= 11 is 0. The first kappa shape index (κ1) is 12.0. The summed E-state index contributed by atoms with van der Waals surface area (Å²) in [6.45, 7) is 9.40. The lowest BCUT2D eigenvalue weighted by atomic mass is 9.82. The molecule has 1 aliphatic rings. The molecule has 2 aromatic carbocycles. The van der Waals surface area contributed by atoms with Gasteiger partial charge in [-0.3, -0.25) is 0 Å². The van der Waals surface area contributed by atoms with E-state index in [1.165, 1.54) is 28.3 Å². The van der Waals surface area contributed by atoms with Crippen molar-refractivity contribution in [2.75, 3.05) is 0 Å². The van der Waals surface area contributed by atoms with Crippen LogP contribution in [0.25, 0.3) is 21.9 Å². The van der Waals surface area contributed by atoms with Crippen LogP contribution in [0.4, 0.5) is 0 Å². The van der Waals surface area contributed by atoms with Crippen molar-refractivity contribution in [2.45, 2.75) is 44.9 Å². The highest BCUT2D eigenvalue weighted by Crippen LogP contribution is 2.51. The van der Waals surface area contributed by atoms with Gasteiger partial charge in [0, 0.05) is 10.8 Å². The molecule has 4 rings (SSSR count). The monoisotopic (exact) mass is 264 g/mol. The minimum absolute atomic E-state index is 0.228. The smallest absolute Gasteiger partial charge is 0.135 e.